The van der Waals surface area contributed by atoms with Crippen LogP contribution in [0.15, 0.2) is 0 Å². The first-order chi connectivity index (χ1) is 5.95. The van der Waals surface area contributed by atoms with Crippen molar-refractivity contribution in [2.75, 3.05) is 6.61 Å². The second-order valence-electron chi connectivity index (χ2n) is 4.55. The number of hydrogen-bond acceptors (Lipinski definition) is 3. The molecule has 0 aromatic carbocycles. The molecule has 0 radical (unpaired) electrons. The van der Waals surface area contributed by atoms with Gasteiger partial charge in [0.05, 0.1) is 24.4 Å². The molecule has 0 bridgehead atoms. The molecule has 1 aliphatic heterocycles. The Morgan fingerprint density at radius 1 is 1.38 bits per heavy atom. The lowest BCUT2D eigenvalue weighted by molar-refractivity contribution is -0.167. The number of ether oxygens (including phenoxy) is 1. The molecule has 1 aliphatic rings. The van der Waals surface area contributed by atoms with Crippen LogP contribution >= 0.6 is 0 Å². The van der Waals surface area contributed by atoms with E-state index >= 15 is 0 Å². The lowest BCUT2D eigenvalue weighted by Crippen LogP contribution is -2.46. The van der Waals surface area contributed by atoms with Gasteiger partial charge in [0.1, 0.15) is 0 Å². The Morgan fingerprint density at radius 3 is 2.46 bits per heavy atom. The molecule has 0 unspecified atom stereocenters. The summed E-state index contributed by atoms with van der Waals surface area (Å²) in [7, 11) is 0. The SMILES string of the molecule is C[C@@H]1CC[C@@H](C(C)(C)O)O[C@@H]1CO. The van der Waals surface area contributed by atoms with E-state index in [2.05, 4.69) is 6.92 Å². The first kappa shape index (κ1) is 11.0. The lowest BCUT2D eigenvalue weighted by atomic mass is 9.87. The van der Waals surface area contributed by atoms with Gasteiger partial charge in [0.25, 0.3) is 0 Å². The molecule has 1 rings (SSSR count). The number of aliphatic hydroxyl groups excluding tert-OH is 1. The maximum Gasteiger partial charge on any atom is 0.0861 e. The zero-order valence-electron chi connectivity index (χ0n) is 8.66. The van der Waals surface area contributed by atoms with Crippen LogP contribution in [0.25, 0.3) is 0 Å². The molecule has 3 heteroatoms. The van der Waals surface area contributed by atoms with Gasteiger partial charge in [-0.2, -0.15) is 0 Å². The molecule has 78 valence electrons. The van der Waals surface area contributed by atoms with E-state index in [0.29, 0.717) is 5.92 Å². The summed E-state index contributed by atoms with van der Waals surface area (Å²) in [6.45, 7) is 5.62. The Kier molecular flexibility index (Phi) is 3.33. The summed E-state index contributed by atoms with van der Waals surface area (Å²) in [4.78, 5) is 0. The number of hydrogen-bond donors (Lipinski definition) is 2. The molecule has 0 saturated carbocycles. The quantitative estimate of drug-likeness (QED) is 0.678. The van der Waals surface area contributed by atoms with Crippen LogP contribution in [0.5, 0.6) is 0 Å². The first-order valence-corrected chi connectivity index (χ1v) is 4.94. The zero-order valence-corrected chi connectivity index (χ0v) is 8.66. The smallest absolute Gasteiger partial charge is 0.0861 e. The van der Waals surface area contributed by atoms with Crippen LogP contribution in [-0.2, 0) is 4.74 Å². The monoisotopic (exact) mass is 188 g/mol. The highest BCUT2D eigenvalue weighted by Crippen LogP contribution is 2.29. The molecule has 2 N–H and O–H groups in total. The Labute approximate surface area is 79.7 Å². The van der Waals surface area contributed by atoms with Crippen molar-refractivity contribution in [3.63, 3.8) is 0 Å². The Balaban J connectivity index is 2.55. The molecule has 3 atom stereocenters. The molecular formula is C10H20O3. The van der Waals surface area contributed by atoms with Crippen molar-refractivity contribution in [2.45, 2.75) is 51.4 Å². The average Bonchev–Trinajstić information content (AvgIpc) is 2.03. The van der Waals surface area contributed by atoms with Gasteiger partial charge in [0.2, 0.25) is 0 Å². The van der Waals surface area contributed by atoms with E-state index in [1.165, 1.54) is 0 Å². The molecule has 0 amide bonds. The van der Waals surface area contributed by atoms with E-state index in [9.17, 15) is 5.11 Å². The molecule has 1 fully saturated rings. The predicted octanol–water partition coefficient (Wildman–Crippen LogP) is 0.933. The van der Waals surface area contributed by atoms with Crippen LogP contribution in [-0.4, -0.2) is 34.6 Å². The third-order valence-corrected chi connectivity index (χ3v) is 2.83. The third-order valence-electron chi connectivity index (χ3n) is 2.83. The minimum absolute atomic E-state index is 0.0494. The van der Waals surface area contributed by atoms with Gasteiger partial charge in [-0.15, -0.1) is 0 Å². The Hall–Kier alpha value is -0.120. The van der Waals surface area contributed by atoms with Crippen molar-refractivity contribution in [3.8, 4) is 0 Å². The molecule has 0 spiro atoms. The van der Waals surface area contributed by atoms with Gasteiger partial charge in [0, 0.05) is 0 Å². The van der Waals surface area contributed by atoms with Gasteiger partial charge in [-0.25, -0.2) is 0 Å². The van der Waals surface area contributed by atoms with E-state index in [1.54, 1.807) is 13.8 Å². The fourth-order valence-electron chi connectivity index (χ4n) is 1.76. The number of aliphatic hydroxyl groups is 2. The van der Waals surface area contributed by atoms with E-state index in [0.717, 1.165) is 12.8 Å². The van der Waals surface area contributed by atoms with Crippen LogP contribution in [0, 0.1) is 5.92 Å². The highest BCUT2D eigenvalue weighted by molar-refractivity contribution is 4.85. The van der Waals surface area contributed by atoms with E-state index in [4.69, 9.17) is 9.84 Å². The third kappa shape index (κ3) is 2.66. The van der Waals surface area contributed by atoms with Gasteiger partial charge >= 0.3 is 0 Å². The zero-order chi connectivity index (χ0) is 10.1. The van der Waals surface area contributed by atoms with E-state index in [1.807, 2.05) is 0 Å². The van der Waals surface area contributed by atoms with Crippen LogP contribution in [0.4, 0.5) is 0 Å². The largest absolute Gasteiger partial charge is 0.394 e. The van der Waals surface area contributed by atoms with Crippen LogP contribution in [0.3, 0.4) is 0 Å². The Bertz CT molecular complexity index is 162. The highest BCUT2D eigenvalue weighted by Gasteiger charge is 2.35. The van der Waals surface area contributed by atoms with E-state index < -0.39 is 5.60 Å². The molecule has 13 heavy (non-hydrogen) atoms. The maximum atomic E-state index is 9.74. The Morgan fingerprint density at radius 2 is 2.00 bits per heavy atom. The van der Waals surface area contributed by atoms with Crippen molar-refractivity contribution in [2.24, 2.45) is 5.92 Å². The summed E-state index contributed by atoms with van der Waals surface area (Å²) >= 11 is 0. The van der Waals surface area contributed by atoms with Gasteiger partial charge in [-0.1, -0.05) is 6.92 Å². The summed E-state index contributed by atoms with van der Waals surface area (Å²) in [6, 6.07) is 0. The van der Waals surface area contributed by atoms with Crippen molar-refractivity contribution in [1.82, 2.24) is 0 Å². The standard InChI is InChI=1S/C10H20O3/c1-7-4-5-9(10(2,3)12)13-8(7)6-11/h7-9,11-12H,4-6H2,1-3H3/t7-,8-,9+/m1/s1. The summed E-state index contributed by atoms with van der Waals surface area (Å²) in [5, 5.41) is 18.8. The summed E-state index contributed by atoms with van der Waals surface area (Å²) in [5.74, 6) is 0.392. The molecule has 1 saturated heterocycles. The summed E-state index contributed by atoms with van der Waals surface area (Å²) in [5.41, 5.74) is -0.798. The van der Waals surface area contributed by atoms with Gasteiger partial charge in [-0.3, -0.25) is 0 Å². The predicted molar refractivity (Wildman–Crippen MR) is 50.4 cm³/mol. The molecular weight excluding hydrogens is 168 g/mol. The van der Waals surface area contributed by atoms with Gasteiger partial charge in [0.15, 0.2) is 0 Å². The van der Waals surface area contributed by atoms with Crippen LogP contribution in [0.2, 0.25) is 0 Å². The molecule has 0 aromatic heterocycles. The summed E-state index contributed by atoms with van der Waals surface area (Å²) in [6.07, 6.45) is 1.65. The van der Waals surface area contributed by atoms with Crippen molar-refractivity contribution < 1.29 is 14.9 Å². The van der Waals surface area contributed by atoms with Crippen molar-refractivity contribution in [3.05, 3.63) is 0 Å². The maximum absolute atomic E-state index is 9.74. The van der Waals surface area contributed by atoms with Gasteiger partial charge in [-0.05, 0) is 32.6 Å². The minimum Gasteiger partial charge on any atom is -0.394 e. The average molecular weight is 188 g/mol. The minimum atomic E-state index is -0.798. The van der Waals surface area contributed by atoms with Crippen LogP contribution in [0.1, 0.15) is 33.6 Å². The van der Waals surface area contributed by atoms with Crippen LogP contribution < -0.4 is 0 Å². The van der Waals surface area contributed by atoms with E-state index in [-0.39, 0.29) is 18.8 Å². The molecule has 1 heterocycles. The van der Waals surface area contributed by atoms with Gasteiger partial charge < -0.3 is 14.9 Å². The second-order valence-corrected chi connectivity index (χ2v) is 4.55. The summed E-state index contributed by atoms with van der Waals surface area (Å²) < 4.78 is 5.61. The lowest BCUT2D eigenvalue weighted by Gasteiger charge is -2.39. The first-order valence-electron chi connectivity index (χ1n) is 4.94. The van der Waals surface area contributed by atoms with Crippen molar-refractivity contribution in [1.29, 1.82) is 0 Å². The fourth-order valence-corrected chi connectivity index (χ4v) is 1.76. The molecule has 3 nitrogen and oxygen atoms in total. The normalized spacial score (nSPS) is 36.2. The number of rotatable bonds is 2. The molecule has 0 aliphatic carbocycles. The highest BCUT2D eigenvalue weighted by atomic mass is 16.5. The second kappa shape index (κ2) is 3.95. The molecule has 0 aromatic rings. The van der Waals surface area contributed by atoms with Crippen molar-refractivity contribution >= 4 is 0 Å². The fraction of sp³-hybridized carbons (Fsp3) is 1.00. The topological polar surface area (TPSA) is 49.7 Å².